The minimum Gasteiger partial charge on any atom is -0.497 e. The number of ether oxygens (including phenoxy) is 1. The number of rotatable bonds is 5. The zero-order chi connectivity index (χ0) is 16.5. The fraction of sp³-hybridized carbons (Fsp3) is 0.400. The smallest absolute Gasteiger partial charge is 0.241 e. The molecule has 0 saturated heterocycles. The van der Waals surface area contributed by atoms with Crippen molar-refractivity contribution in [2.45, 2.75) is 38.6 Å². The van der Waals surface area contributed by atoms with Crippen molar-refractivity contribution >= 4 is 10.0 Å². The molecule has 2 rings (SSSR count). The lowest BCUT2D eigenvalue weighted by atomic mass is 10.1. The molecule has 0 aliphatic heterocycles. The second-order valence-electron chi connectivity index (χ2n) is 5.32. The largest absolute Gasteiger partial charge is 0.497 e. The van der Waals surface area contributed by atoms with Crippen LogP contribution in [0.2, 0.25) is 0 Å². The molecule has 0 aliphatic rings. The first-order valence-electron chi connectivity index (χ1n) is 6.94. The van der Waals surface area contributed by atoms with Crippen molar-refractivity contribution in [2.75, 3.05) is 7.11 Å². The van der Waals surface area contributed by atoms with Gasteiger partial charge >= 0.3 is 0 Å². The maximum atomic E-state index is 12.6. The van der Waals surface area contributed by atoms with Crippen LogP contribution < -0.4 is 9.46 Å². The second kappa shape index (κ2) is 6.10. The Balaban J connectivity index is 2.32. The van der Waals surface area contributed by atoms with E-state index in [1.54, 1.807) is 39.2 Å². The maximum absolute atomic E-state index is 12.6. The normalized spacial score (nSPS) is 13.1. The molecule has 0 bridgehead atoms. The first-order valence-corrected chi connectivity index (χ1v) is 8.43. The summed E-state index contributed by atoms with van der Waals surface area (Å²) < 4.78 is 33.0. The van der Waals surface area contributed by atoms with Gasteiger partial charge in [0.1, 0.15) is 5.75 Å². The molecule has 0 aliphatic carbocycles. The van der Waals surface area contributed by atoms with Gasteiger partial charge < -0.3 is 4.74 Å². The molecule has 0 fully saturated rings. The average molecular weight is 323 g/mol. The molecular weight excluding hydrogens is 302 g/mol. The molecule has 1 aromatic heterocycles. The van der Waals surface area contributed by atoms with E-state index < -0.39 is 10.0 Å². The minimum atomic E-state index is -3.62. The van der Waals surface area contributed by atoms with Gasteiger partial charge in [0.25, 0.3) is 0 Å². The number of aryl methyl sites for hydroxylation is 3. The number of nitrogens with one attached hydrogen (secondary N) is 2. The Kier molecular flexibility index (Phi) is 4.58. The van der Waals surface area contributed by atoms with Crippen molar-refractivity contribution in [1.82, 2.24) is 14.9 Å². The molecule has 0 saturated carbocycles. The number of H-pyrrole nitrogens is 1. The second-order valence-corrected chi connectivity index (χ2v) is 7.00. The lowest BCUT2D eigenvalue weighted by Gasteiger charge is -2.16. The fourth-order valence-corrected chi connectivity index (χ4v) is 4.04. The zero-order valence-corrected chi connectivity index (χ0v) is 14.2. The van der Waals surface area contributed by atoms with Crippen molar-refractivity contribution in [3.63, 3.8) is 0 Å². The highest BCUT2D eigenvalue weighted by Crippen LogP contribution is 2.24. The molecule has 2 N–H and O–H groups in total. The first kappa shape index (κ1) is 16.5. The number of aromatic amines is 1. The Labute approximate surface area is 130 Å². The van der Waals surface area contributed by atoms with Crippen molar-refractivity contribution in [1.29, 1.82) is 0 Å². The molecule has 0 spiro atoms. The number of sulfonamides is 1. The van der Waals surface area contributed by atoms with Gasteiger partial charge in [-0.15, -0.1) is 0 Å². The zero-order valence-electron chi connectivity index (χ0n) is 13.4. The number of hydrogen-bond donors (Lipinski definition) is 2. The molecule has 0 radical (unpaired) electrons. The van der Waals surface area contributed by atoms with Gasteiger partial charge in [0.15, 0.2) is 0 Å². The molecule has 7 heteroatoms. The molecule has 6 nitrogen and oxygen atoms in total. The Morgan fingerprint density at radius 3 is 2.45 bits per heavy atom. The van der Waals surface area contributed by atoms with Crippen LogP contribution in [0.15, 0.2) is 23.1 Å². The highest BCUT2D eigenvalue weighted by Gasteiger charge is 2.23. The van der Waals surface area contributed by atoms with Crippen molar-refractivity contribution in [3.8, 4) is 5.75 Å². The summed E-state index contributed by atoms with van der Waals surface area (Å²) in [5, 5.41) is 6.97. The molecule has 0 unspecified atom stereocenters. The Morgan fingerprint density at radius 1 is 1.27 bits per heavy atom. The van der Waals surface area contributed by atoms with Crippen molar-refractivity contribution < 1.29 is 13.2 Å². The van der Waals surface area contributed by atoms with E-state index in [2.05, 4.69) is 14.9 Å². The number of methoxy groups -OCH3 is 1. The number of benzene rings is 1. The van der Waals surface area contributed by atoms with Gasteiger partial charge in [0, 0.05) is 17.3 Å². The van der Waals surface area contributed by atoms with Crippen LogP contribution in [0.1, 0.15) is 35.5 Å². The summed E-state index contributed by atoms with van der Waals surface area (Å²) in [5.41, 5.74) is 3.16. The fourth-order valence-electron chi connectivity index (χ4n) is 2.60. The summed E-state index contributed by atoms with van der Waals surface area (Å²) in [6.07, 6.45) is 0. The molecular formula is C15H21N3O3S. The lowest BCUT2D eigenvalue weighted by Crippen LogP contribution is -2.28. The third-order valence-corrected chi connectivity index (χ3v) is 5.32. The van der Waals surface area contributed by atoms with Crippen LogP contribution in [0.25, 0.3) is 0 Å². The van der Waals surface area contributed by atoms with Gasteiger partial charge in [-0.1, -0.05) is 0 Å². The monoisotopic (exact) mass is 323 g/mol. The van der Waals surface area contributed by atoms with Crippen LogP contribution in [0.4, 0.5) is 0 Å². The van der Waals surface area contributed by atoms with Crippen molar-refractivity contribution in [2.24, 2.45) is 0 Å². The van der Waals surface area contributed by atoms with E-state index >= 15 is 0 Å². The topological polar surface area (TPSA) is 84.1 Å². The van der Waals surface area contributed by atoms with Gasteiger partial charge in [-0.05, 0) is 51.5 Å². The SMILES string of the molecule is COc1ccc(S(=O)(=O)N[C@H](C)c2c(C)n[nH]c2C)c(C)c1. The van der Waals surface area contributed by atoms with Crippen LogP contribution >= 0.6 is 0 Å². The van der Waals surface area contributed by atoms with E-state index in [9.17, 15) is 8.42 Å². The van der Waals surface area contributed by atoms with Crippen molar-refractivity contribution in [3.05, 3.63) is 40.7 Å². The molecule has 0 amide bonds. The summed E-state index contributed by atoms with van der Waals surface area (Å²) in [5.74, 6) is 0.631. The predicted octanol–water partition coefficient (Wildman–Crippen LogP) is 2.38. The Bertz CT molecular complexity index is 762. The average Bonchev–Trinajstić information content (AvgIpc) is 2.77. The lowest BCUT2D eigenvalue weighted by molar-refractivity contribution is 0.414. The van der Waals surface area contributed by atoms with Crippen LogP contribution in [0, 0.1) is 20.8 Å². The van der Waals surface area contributed by atoms with Gasteiger partial charge in [0.2, 0.25) is 10.0 Å². The number of aromatic nitrogens is 2. The van der Waals surface area contributed by atoms with Crippen LogP contribution in [0.3, 0.4) is 0 Å². The van der Waals surface area contributed by atoms with Crippen LogP contribution in [-0.4, -0.2) is 25.7 Å². The summed E-state index contributed by atoms with van der Waals surface area (Å²) in [6, 6.07) is 4.53. The highest BCUT2D eigenvalue weighted by atomic mass is 32.2. The van der Waals surface area contributed by atoms with Gasteiger partial charge in [0.05, 0.1) is 17.7 Å². The molecule has 1 heterocycles. The first-order chi connectivity index (χ1) is 10.3. The van der Waals surface area contributed by atoms with Gasteiger partial charge in [-0.25, -0.2) is 13.1 Å². The van der Waals surface area contributed by atoms with Crippen LogP contribution in [-0.2, 0) is 10.0 Å². The van der Waals surface area contributed by atoms with Gasteiger partial charge in [-0.2, -0.15) is 5.10 Å². The Hall–Kier alpha value is -1.86. The quantitative estimate of drug-likeness (QED) is 0.885. The highest BCUT2D eigenvalue weighted by molar-refractivity contribution is 7.89. The summed E-state index contributed by atoms with van der Waals surface area (Å²) in [7, 11) is -2.07. The molecule has 120 valence electrons. The third kappa shape index (κ3) is 3.15. The van der Waals surface area contributed by atoms with E-state index in [0.717, 1.165) is 17.0 Å². The number of nitrogens with zero attached hydrogens (tertiary/aromatic N) is 1. The summed E-state index contributed by atoms with van der Waals surface area (Å²) in [4.78, 5) is 0.249. The van der Waals surface area contributed by atoms with Gasteiger partial charge in [-0.3, -0.25) is 5.10 Å². The van der Waals surface area contributed by atoms with Crippen LogP contribution in [0.5, 0.6) is 5.75 Å². The number of hydrogen-bond acceptors (Lipinski definition) is 4. The summed E-state index contributed by atoms with van der Waals surface area (Å²) in [6.45, 7) is 7.28. The standard InChI is InChI=1S/C15H21N3O3S/c1-9-8-13(21-5)6-7-14(9)22(19,20)18-12(4)15-10(2)16-17-11(15)3/h6-8,12,18H,1-5H3,(H,16,17)/t12-/m1/s1. The summed E-state index contributed by atoms with van der Waals surface area (Å²) >= 11 is 0. The Morgan fingerprint density at radius 2 is 1.95 bits per heavy atom. The maximum Gasteiger partial charge on any atom is 0.241 e. The molecule has 2 aromatic rings. The molecule has 1 aromatic carbocycles. The van der Waals surface area contributed by atoms with E-state index in [1.807, 2.05) is 13.8 Å². The predicted molar refractivity (Wildman–Crippen MR) is 84.5 cm³/mol. The molecule has 22 heavy (non-hydrogen) atoms. The van der Waals surface area contributed by atoms with E-state index in [0.29, 0.717) is 11.3 Å². The minimum absolute atomic E-state index is 0.249. The van der Waals surface area contributed by atoms with E-state index in [1.165, 1.54) is 0 Å². The van der Waals surface area contributed by atoms with E-state index in [-0.39, 0.29) is 10.9 Å². The molecule has 1 atom stereocenters. The van der Waals surface area contributed by atoms with E-state index in [4.69, 9.17) is 4.74 Å². The third-order valence-electron chi connectivity index (χ3n) is 3.62.